The van der Waals surface area contributed by atoms with Crippen LogP contribution >= 0.6 is 11.6 Å². The van der Waals surface area contributed by atoms with Crippen LogP contribution in [0.2, 0.25) is 5.02 Å². The molecule has 1 fully saturated rings. The number of hydrogen-bond donors (Lipinski definition) is 1. The Balaban J connectivity index is 1.87. The molecule has 0 spiro atoms. The van der Waals surface area contributed by atoms with E-state index in [-0.39, 0.29) is 0 Å². The van der Waals surface area contributed by atoms with Gasteiger partial charge in [-0.3, -0.25) is 4.90 Å². The molecule has 0 aliphatic carbocycles. The van der Waals surface area contributed by atoms with Crippen molar-refractivity contribution < 1.29 is 0 Å². The number of aryl methyl sites for hydroxylation is 1. The van der Waals surface area contributed by atoms with Gasteiger partial charge in [-0.1, -0.05) is 17.7 Å². The number of halogens is 1. The molecule has 1 heterocycles. The molecule has 0 amide bonds. The maximum absolute atomic E-state index is 5.99. The van der Waals surface area contributed by atoms with E-state index in [0.717, 1.165) is 24.0 Å². The van der Waals surface area contributed by atoms with Crippen molar-refractivity contribution in [3.05, 3.63) is 34.3 Å². The van der Waals surface area contributed by atoms with Crippen LogP contribution in [0.5, 0.6) is 0 Å². The summed E-state index contributed by atoms with van der Waals surface area (Å²) in [4.78, 5) is 2.56. The number of nitrogens with one attached hydrogen (secondary N) is 1. The first-order valence-corrected chi connectivity index (χ1v) is 7.19. The first kappa shape index (κ1) is 13.9. The van der Waals surface area contributed by atoms with Crippen LogP contribution in [0.15, 0.2) is 18.2 Å². The smallest absolute Gasteiger partial charge is 0.0408 e. The molecule has 0 bridgehead atoms. The fraction of sp³-hybridized carbons (Fsp3) is 0.600. The van der Waals surface area contributed by atoms with Crippen molar-refractivity contribution in [2.45, 2.75) is 26.3 Å². The van der Waals surface area contributed by atoms with Crippen LogP contribution in [0, 0.1) is 12.8 Å². The molecule has 0 unspecified atom stereocenters. The van der Waals surface area contributed by atoms with Gasteiger partial charge in [0.15, 0.2) is 0 Å². The summed E-state index contributed by atoms with van der Waals surface area (Å²) in [5.41, 5.74) is 2.71. The summed E-state index contributed by atoms with van der Waals surface area (Å²) in [6, 6.07) is 6.22. The average Bonchev–Trinajstić information content (AvgIpc) is 2.35. The molecule has 1 N–H and O–H groups in total. The third-order valence-corrected chi connectivity index (χ3v) is 4.13. The van der Waals surface area contributed by atoms with Gasteiger partial charge in [0.25, 0.3) is 0 Å². The number of hydrogen-bond acceptors (Lipinski definition) is 2. The SMILES string of the molecule is CNCC1CCN(Cc2ccc(Cl)cc2C)CC1. The summed E-state index contributed by atoms with van der Waals surface area (Å²) >= 11 is 5.99. The molecule has 0 radical (unpaired) electrons. The van der Waals surface area contributed by atoms with Gasteiger partial charge in [0, 0.05) is 11.6 Å². The van der Waals surface area contributed by atoms with E-state index in [1.165, 1.54) is 37.1 Å². The number of nitrogens with zero attached hydrogens (tertiary/aromatic N) is 1. The predicted molar refractivity (Wildman–Crippen MR) is 78.1 cm³/mol. The van der Waals surface area contributed by atoms with E-state index in [2.05, 4.69) is 29.3 Å². The van der Waals surface area contributed by atoms with Crippen LogP contribution in [-0.2, 0) is 6.54 Å². The molecular formula is C15H23ClN2. The zero-order valence-corrected chi connectivity index (χ0v) is 12.1. The summed E-state index contributed by atoms with van der Waals surface area (Å²) in [5.74, 6) is 0.859. The van der Waals surface area contributed by atoms with Gasteiger partial charge < -0.3 is 5.32 Å². The molecule has 1 aliphatic heterocycles. The Morgan fingerprint density at radius 2 is 2.06 bits per heavy atom. The number of rotatable bonds is 4. The van der Waals surface area contributed by atoms with Gasteiger partial charge in [0.05, 0.1) is 0 Å². The number of benzene rings is 1. The fourth-order valence-corrected chi connectivity index (χ4v) is 2.94. The van der Waals surface area contributed by atoms with Gasteiger partial charge in [-0.05, 0) is 75.6 Å². The van der Waals surface area contributed by atoms with Crippen LogP contribution < -0.4 is 5.32 Å². The molecule has 100 valence electrons. The summed E-state index contributed by atoms with van der Waals surface area (Å²) in [5, 5.41) is 4.12. The molecular weight excluding hydrogens is 244 g/mol. The molecule has 1 saturated heterocycles. The van der Waals surface area contributed by atoms with Crippen molar-refractivity contribution in [3.63, 3.8) is 0 Å². The Labute approximate surface area is 115 Å². The summed E-state index contributed by atoms with van der Waals surface area (Å²) in [7, 11) is 2.05. The van der Waals surface area contributed by atoms with E-state index >= 15 is 0 Å². The van der Waals surface area contributed by atoms with Crippen LogP contribution in [0.3, 0.4) is 0 Å². The van der Waals surface area contributed by atoms with Crippen LogP contribution in [-0.4, -0.2) is 31.6 Å². The standard InChI is InChI=1S/C15H23ClN2/c1-12-9-15(16)4-3-14(12)11-18-7-5-13(6-8-18)10-17-2/h3-4,9,13,17H,5-8,10-11H2,1-2H3. The van der Waals surface area contributed by atoms with Crippen molar-refractivity contribution in [3.8, 4) is 0 Å². The first-order chi connectivity index (χ1) is 8.69. The number of piperidine rings is 1. The van der Waals surface area contributed by atoms with Crippen molar-refractivity contribution in [1.29, 1.82) is 0 Å². The third kappa shape index (κ3) is 3.71. The Morgan fingerprint density at radius 1 is 1.33 bits per heavy atom. The number of likely N-dealkylation sites (tertiary alicyclic amines) is 1. The van der Waals surface area contributed by atoms with Crippen molar-refractivity contribution in [1.82, 2.24) is 10.2 Å². The quantitative estimate of drug-likeness (QED) is 0.901. The Kier molecular flexibility index (Phi) is 5.04. The lowest BCUT2D eigenvalue weighted by Gasteiger charge is -2.32. The molecule has 2 rings (SSSR count). The monoisotopic (exact) mass is 266 g/mol. The maximum atomic E-state index is 5.99. The normalized spacial score (nSPS) is 18.2. The van der Waals surface area contributed by atoms with Crippen LogP contribution in [0.25, 0.3) is 0 Å². The van der Waals surface area contributed by atoms with Gasteiger partial charge in [-0.2, -0.15) is 0 Å². The predicted octanol–water partition coefficient (Wildman–Crippen LogP) is 3.08. The van der Waals surface area contributed by atoms with Crippen LogP contribution in [0.4, 0.5) is 0 Å². The second-order valence-corrected chi connectivity index (χ2v) is 5.78. The fourth-order valence-electron chi connectivity index (χ4n) is 2.71. The second-order valence-electron chi connectivity index (χ2n) is 5.35. The molecule has 2 nitrogen and oxygen atoms in total. The minimum atomic E-state index is 0.837. The van der Waals surface area contributed by atoms with Crippen molar-refractivity contribution in [2.75, 3.05) is 26.7 Å². The average molecular weight is 267 g/mol. The van der Waals surface area contributed by atoms with E-state index in [4.69, 9.17) is 11.6 Å². The molecule has 0 aromatic heterocycles. The molecule has 18 heavy (non-hydrogen) atoms. The van der Waals surface area contributed by atoms with E-state index in [0.29, 0.717) is 0 Å². The summed E-state index contributed by atoms with van der Waals surface area (Å²) in [6.07, 6.45) is 2.63. The van der Waals surface area contributed by atoms with Gasteiger partial charge >= 0.3 is 0 Å². The lowest BCUT2D eigenvalue weighted by molar-refractivity contribution is 0.176. The van der Waals surface area contributed by atoms with E-state index in [9.17, 15) is 0 Å². The first-order valence-electron chi connectivity index (χ1n) is 6.81. The van der Waals surface area contributed by atoms with Gasteiger partial charge in [-0.15, -0.1) is 0 Å². The third-order valence-electron chi connectivity index (χ3n) is 3.90. The lowest BCUT2D eigenvalue weighted by Crippen LogP contribution is -2.36. The van der Waals surface area contributed by atoms with Gasteiger partial charge in [0.2, 0.25) is 0 Å². The minimum absolute atomic E-state index is 0.837. The Hall–Kier alpha value is -0.570. The molecule has 1 aromatic carbocycles. The molecule has 1 aromatic rings. The zero-order chi connectivity index (χ0) is 13.0. The highest BCUT2D eigenvalue weighted by atomic mass is 35.5. The zero-order valence-electron chi connectivity index (χ0n) is 11.4. The molecule has 0 saturated carbocycles. The highest BCUT2D eigenvalue weighted by molar-refractivity contribution is 6.30. The summed E-state index contributed by atoms with van der Waals surface area (Å²) < 4.78 is 0. The highest BCUT2D eigenvalue weighted by Crippen LogP contribution is 2.21. The lowest BCUT2D eigenvalue weighted by atomic mass is 9.96. The van der Waals surface area contributed by atoms with Crippen molar-refractivity contribution in [2.24, 2.45) is 5.92 Å². The topological polar surface area (TPSA) is 15.3 Å². The van der Waals surface area contributed by atoms with Crippen LogP contribution in [0.1, 0.15) is 24.0 Å². The Morgan fingerprint density at radius 3 is 2.67 bits per heavy atom. The van der Waals surface area contributed by atoms with Gasteiger partial charge in [0.1, 0.15) is 0 Å². The molecule has 3 heteroatoms. The summed E-state index contributed by atoms with van der Waals surface area (Å²) in [6.45, 7) is 6.81. The second kappa shape index (κ2) is 6.55. The Bertz CT molecular complexity index is 384. The minimum Gasteiger partial charge on any atom is -0.319 e. The van der Waals surface area contributed by atoms with E-state index in [1.807, 2.05) is 13.1 Å². The van der Waals surface area contributed by atoms with Gasteiger partial charge in [-0.25, -0.2) is 0 Å². The van der Waals surface area contributed by atoms with E-state index in [1.54, 1.807) is 0 Å². The molecule has 0 atom stereocenters. The van der Waals surface area contributed by atoms with Crippen molar-refractivity contribution >= 4 is 11.6 Å². The highest BCUT2D eigenvalue weighted by Gasteiger charge is 2.18. The largest absolute Gasteiger partial charge is 0.319 e. The van der Waals surface area contributed by atoms with E-state index < -0.39 is 0 Å². The molecule has 1 aliphatic rings. The maximum Gasteiger partial charge on any atom is 0.0408 e.